The fourth-order valence-corrected chi connectivity index (χ4v) is 6.76. The van der Waals surface area contributed by atoms with Gasteiger partial charge in [0.05, 0.1) is 6.54 Å². The van der Waals surface area contributed by atoms with Crippen LogP contribution in [0.3, 0.4) is 0 Å². The maximum atomic E-state index is 6.83. The van der Waals surface area contributed by atoms with Crippen molar-refractivity contribution >= 4 is 55.5 Å². The summed E-state index contributed by atoms with van der Waals surface area (Å²) in [6, 6.07) is 55.4. The van der Waals surface area contributed by atoms with Crippen LogP contribution in [0.15, 0.2) is 183 Å². The van der Waals surface area contributed by atoms with Crippen molar-refractivity contribution in [1.82, 2.24) is 0 Å². The number of hydrogen-bond acceptors (Lipinski definition) is 3. The van der Waals surface area contributed by atoms with Gasteiger partial charge in [-0.2, -0.15) is 0 Å². The lowest BCUT2D eigenvalue weighted by Gasteiger charge is -2.09. The predicted octanol–water partition coefficient (Wildman–Crippen LogP) is 11.2. The van der Waals surface area contributed by atoms with Gasteiger partial charge in [-0.25, -0.2) is 4.99 Å². The highest BCUT2D eigenvalue weighted by atomic mass is 16.3. The highest BCUT2D eigenvalue weighted by molar-refractivity contribution is 6.14. The number of aliphatic imine (C=N–C) groups is 2. The first kappa shape index (κ1) is 29.4. The van der Waals surface area contributed by atoms with Crippen molar-refractivity contribution in [2.75, 3.05) is 0 Å². The zero-order valence-corrected chi connectivity index (χ0v) is 27.1. The Morgan fingerprint density at radius 2 is 1.14 bits per heavy atom. The second kappa shape index (κ2) is 12.4. The Morgan fingerprint density at radius 3 is 1.98 bits per heavy atom. The molecule has 2 aromatic heterocycles. The van der Waals surface area contributed by atoms with E-state index in [1.54, 1.807) is 0 Å². The SMILES string of the molecule is N/C(=N\C(=N/Cc1cccc2c1oc1ccccc12)c1ccc(-c2ccccc2)cc1)c1cccc(-c2cccc3oc4ccccc4c23)c1. The third kappa shape index (κ3) is 5.31. The van der Waals surface area contributed by atoms with E-state index in [2.05, 4.69) is 84.9 Å². The highest BCUT2D eigenvalue weighted by Crippen LogP contribution is 2.37. The first-order valence-electron chi connectivity index (χ1n) is 16.6. The van der Waals surface area contributed by atoms with Gasteiger partial charge in [0.1, 0.15) is 28.2 Å². The maximum Gasteiger partial charge on any atom is 0.157 e. The van der Waals surface area contributed by atoms with Gasteiger partial charge in [0, 0.05) is 38.2 Å². The minimum atomic E-state index is 0.374. The van der Waals surface area contributed by atoms with E-state index in [9.17, 15) is 0 Å². The van der Waals surface area contributed by atoms with Crippen LogP contribution in [0.25, 0.3) is 66.1 Å². The van der Waals surface area contributed by atoms with E-state index in [1.165, 1.54) is 0 Å². The predicted molar refractivity (Wildman–Crippen MR) is 206 cm³/mol. The van der Waals surface area contributed by atoms with Crippen molar-refractivity contribution in [3.63, 3.8) is 0 Å². The summed E-state index contributed by atoms with van der Waals surface area (Å²) in [5.74, 6) is 0.924. The molecule has 0 saturated heterocycles. The molecule has 0 amide bonds. The van der Waals surface area contributed by atoms with Gasteiger partial charge >= 0.3 is 0 Å². The molecule has 9 rings (SSSR count). The van der Waals surface area contributed by atoms with Crippen LogP contribution >= 0.6 is 0 Å². The Labute approximate surface area is 288 Å². The molecule has 9 aromatic rings. The molecule has 5 heteroatoms. The van der Waals surface area contributed by atoms with Gasteiger partial charge in [0.15, 0.2) is 5.84 Å². The Hall–Kier alpha value is -6.72. The average Bonchev–Trinajstić information content (AvgIpc) is 3.76. The maximum absolute atomic E-state index is 6.83. The summed E-state index contributed by atoms with van der Waals surface area (Å²) < 4.78 is 12.5. The van der Waals surface area contributed by atoms with Gasteiger partial charge in [-0.15, -0.1) is 0 Å². The number of rotatable bonds is 6. The van der Waals surface area contributed by atoms with Crippen molar-refractivity contribution < 1.29 is 8.83 Å². The van der Waals surface area contributed by atoms with Crippen molar-refractivity contribution in [2.24, 2.45) is 15.7 Å². The zero-order valence-electron chi connectivity index (χ0n) is 27.1. The van der Waals surface area contributed by atoms with E-state index >= 15 is 0 Å². The van der Waals surface area contributed by atoms with E-state index in [4.69, 9.17) is 24.6 Å². The van der Waals surface area contributed by atoms with Crippen LogP contribution < -0.4 is 5.73 Å². The molecule has 0 aliphatic heterocycles. The minimum Gasteiger partial charge on any atom is -0.456 e. The molecule has 0 saturated carbocycles. The monoisotopic (exact) mass is 645 g/mol. The minimum absolute atomic E-state index is 0.374. The Balaban J connectivity index is 1.12. The number of furan rings is 2. The Bertz CT molecular complexity index is 2730. The van der Waals surface area contributed by atoms with Crippen LogP contribution in [0, 0.1) is 0 Å². The standard InChI is InChI=1S/C45H31N3O2/c46-44(33-14-8-13-32(27-33)35-18-10-22-41-42(35)38-17-5-7-21-40(38)49-41)48-45(31-25-23-30(24-26-31)29-11-2-1-3-12-29)47-28-34-15-9-19-37-36-16-4-6-20-39(36)50-43(34)37/h1-27H,28H2,(H2,46,47,48). The van der Waals surface area contributed by atoms with Crippen molar-refractivity contribution in [3.8, 4) is 22.3 Å². The molecule has 0 fully saturated rings. The fraction of sp³-hybridized carbons (Fsp3) is 0.0222. The first-order valence-corrected chi connectivity index (χ1v) is 16.6. The molecule has 5 nitrogen and oxygen atoms in total. The Morgan fingerprint density at radius 1 is 0.500 bits per heavy atom. The summed E-state index contributed by atoms with van der Waals surface area (Å²) in [6.45, 7) is 0.374. The number of amidine groups is 2. The molecule has 0 aliphatic rings. The second-order valence-electron chi connectivity index (χ2n) is 12.3. The van der Waals surface area contributed by atoms with Gasteiger partial charge < -0.3 is 14.6 Å². The number of nitrogens with zero attached hydrogens (tertiary/aromatic N) is 2. The van der Waals surface area contributed by atoms with E-state index < -0.39 is 0 Å². The number of para-hydroxylation sites is 3. The van der Waals surface area contributed by atoms with Gasteiger partial charge in [-0.1, -0.05) is 140 Å². The van der Waals surface area contributed by atoms with Gasteiger partial charge in [0.2, 0.25) is 0 Å². The normalized spacial score (nSPS) is 12.4. The third-order valence-corrected chi connectivity index (χ3v) is 9.23. The van der Waals surface area contributed by atoms with E-state index in [1.807, 2.05) is 78.9 Å². The average molecular weight is 646 g/mol. The molecule has 0 atom stereocenters. The summed E-state index contributed by atoms with van der Waals surface area (Å²) in [5.41, 5.74) is 17.3. The van der Waals surface area contributed by atoms with Crippen LogP contribution in [-0.4, -0.2) is 11.7 Å². The molecule has 238 valence electrons. The molecule has 7 aromatic carbocycles. The molecule has 0 unspecified atom stereocenters. The summed E-state index contributed by atoms with van der Waals surface area (Å²) in [6.07, 6.45) is 0. The number of fused-ring (bicyclic) bond motifs is 6. The van der Waals surface area contributed by atoms with Crippen molar-refractivity contribution in [3.05, 3.63) is 180 Å². The Kier molecular flexibility index (Phi) is 7.29. The first-order chi connectivity index (χ1) is 24.7. The number of nitrogens with two attached hydrogens (primary N) is 1. The summed E-state index contributed by atoms with van der Waals surface area (Å²) in [4.78, 5) is 10.1. The molecular formula is C45H31N3O2. The van der Waals surface area contributed by atoms with Gasteiger partial charge in [0.25, 0.3) is 0 Å². The number of benzene rings is 7. The smallest absolute Gasteiger partial charge is 0.157 e. The second-order valence-corrected chi connectivity index (χ2v) is 12.3. The van der Waals surface area contributed by atoms with Crippen LogP contribution in [0.2, 0.25) is 0 Å². The van der Waals surface area contributed by atoms with E-state index in [0.29, 0.717) is 18.2 Å². The van der Waals surface area contributed by atoms with Crippen molar-refractivity contribution in [2.45, 2.75) is 6.54 Å². The lowest BCUT2D eigenvalue weighted by molar-refractivity contribution is 0.663. The molecule has 0 radical (unpaired) electrons. The van der Waals surface area contributed by atoms with E-state index in [-0.39, 0.29) is 0 Å². The lowest BCUT2D eigenvalue weighted by Crippen LogP contribution is -2.16. The summed E-state index contributed by atoms with van der Waals surface area (Å²) in [7, 11) is 0. The van der Waals surface area contributed by atoms with Crippen LogP contribution in [-0.2, 0) is 6.54 Å². The molecule has 2 N–H and O–H groups in total. The summed E-state index contributed by atoms with van der Waals surface area (Å²) >= 11 is 0. The molecule has 0 aliphatic carbocycles. The van der Waals surface area contributed by atoms with E-state index in [0.717, 1.165) is 82.8 Å². The van der Waals surface area contributed by atoms with Crippen LogP contribution in [0.4, 0.5) is 0 Å². The van der Waals surface area contributed by atoms with Gasteiger partial charge in [-0.05, 0) is 46.5 Å². The molecule has 0 bridgehead atoms. The quantitative estimate of drug-likeness (QED) is 0.144. The molecule has 2 heterocycles. The van der Waals surface area contributed by atoms with Crippen LogP contribution in [0.1, 0.15) is 16.7 Å². The zero-order chi connectivity index (χ0) is 33.4. The number of hydrogen-bond donors (Lipinski definition) is 1. The third-order valence-electron chi connectivity index (χ3n) is 9.23. The van der Waals surface area contributed by atoms with Crippen LogP contribution in [0.5, 0.6) is 0 Å². The molecule has 50 heavy (non-hydrogen) atoms. The lowest BCUT2D eigenvalue weighted by atomic mass is 9.98. The highest BCUT2D eigenvalue weighted by Gasteiger charge is 2.15. The fourth-order valence-electron chi connectivity index (χ4n) is 6.76. The van der Waals surface area contributed by atoms with Gasteiger partial charge in [-0.3, -0.25) is 4.99 Å². The topological polar surface area (TPSA) is 77.0 Å². The van der Waals surface area contributed by atoms with Crippen molar-refractivity contribution in [1.29, 1.82) is 0 Å². The largest absolute Gasteiger partial charge is 0.456 e. The molecule has 0 spiro atoms. The molecular weight excluding hydrogens is 615 g/mol. The summed E-state index contributed by atoms with van der Waals surface area (Å²) in [5, 5.41) is 4.32.